The number of hydrogen-bond donors (Lipinski definition) is 2. The van der Waals surface area contributed by atoms with Crippen LogP contribution in [-0.2, 0) is 4.79 Å². The highest BCUT2D eigenvalue weighted by Gasteiger charge is 2.26. The number of nitrogens with zero attached hydrogens (tertiary/aromatic N) is 1. The molecule has 0 bridgehead atoms. The molecule has 2 N–H and O–H groups in total. The van der Waals surface area contributed by atoms with Gasteiger partial charge in [-0.25, -0.2) is 0 Å². The highest BCUT2D eigenvalue weighted by atomic mass is 16.2. The lowest BCUT2D eigenvalue weighted by atomic mass is 9.86. The van der Waals surface area contributed by atoms with Crippen molar-refractivity contribution in [2.75, 3.05) is 37.6 Å². The van der Waals surface area contributed by atoms with Crippen LogP contribution < -0.4 is 15.1 Å². The number of carbonyl (C=O) groups is 1. The number of hydrogen-bond acceptors (Lipinski definition) is 2. The molecule has 1 aromatic rings. The fourth-order valence-electron chi connectivity index (χ4n) is 4.17. The first-order chi connectivity index (χ1) is 11.6. The normalized spacial score (nSPS) is 25.5. The summed E-state index contributed by atoms with van der Waals surface area (Å²) in [6.07, 6.45) is 4.99. The molecule has 1 aliphatic carbocycles. The van der Waals surface area contributed by atoms with Gasteiger partial charge in [0, 0.05) is 11.7 Å². The lowest BCUT2D eigenvalue weighted by Gasteiger charge is -2.35. The number of rotatable bonds is 4. The number of nitrogens with one attached hydrogen (secondary N) is 2. The summed E-state index contributed by atoms with van der Waals surface area (Å²) in [7, 11) is 0. The van der Waals surface area contributed by atoms with E-state index in [0.29, 0.717) is 18.5 Å². The highest BCUT2D eigenvalue weighted by Crippen LogP contribution is 2.23. The Bertz CT molecular complexity index is 552. The van der Waals surface area contributed by atoms with Gasteiger partial charge in [0.2, 0.25) is 0 Å². The smallest absolute Gasteiger partial charge is 0.275 e. The molecular formula is C20H32N3O+. The van der Waals surface area contributed by atoms with E-state index in [1.807, 2.05) is 0 Å². The average molecular weight is 330 g/mol. The van der Waals surface area contributed by atoms with Crippen LogP contribution in [0.15, 0.2) is 24.3 Å². The second-order valence-corrected chi connectivity index (χ2v) is 7.64. The van der Waals surface area contributed by atoms with Crippen LogP contribution in [0.5, 0.6) is 0 Å². The van der Waals surface area contributed by atoms with Crippen LogP contribution in [0.4, 0.5) is 5.69 Å². The standard InChI is InChI=1S/C20H31N3O/c1-16-7-3-5-9-18(16)21-20(24)15-22-11-13-23(14-12-22)19-10-6-4-8-17(19)2/h4,6,8,10,16,18H,3,5,7,9,11-15H2,1-2H3,(H,21,24)/p+1/t16-,18-/m1/s1. The summed E-state index contributed by atoms with van der Waals surface area (Å²) in [6.45, 7) is 9.24. The molecule has 0 spiro atoms. The van der Waals surface area contributed by atoms with Crippen molar-refractivity contribution in [3.63, 3.8) is 0 Å². The molecule has 3 rings (SSSR count). The van der Waals surface area contributed by atoms with Gasteiger partial charge in [0.1, 0.15) is 0 Å². The Morgan fingerprint density at radius 1 is 1.21 bits per heavy atom. The Morgan fingerprint density at radius 3 is 2.62 bits per heavy atom. The van der Waals surface area contributed by atoms with Gasteiger partial charge in [-0.2, -0.15) is 0 Å². The third-order valence-corrected chi connectivity index (χ3v) is 5.80. The Balaban J connectivity index is 1.45. The number of benzene rings is 1. The molecule has 1 heterocycles. The molecular weight excluding hydrogens is 298 g/mol. The Hall–Kier alpha value is -1.55. The van der Waals surface area contributed by atoms with E-state index in [1.165, 1.54) is 35.4 Å². The first kappa shape index (κ1) is 17.3. The van der Waals surface area contributed by atoms with E-state index in [1.54, 1.807) is 0 Å². The summed E-state index contributed by atoms with van der Waals surface area (Å²) in [5.41, 5.74) is 2.68. The molecule has 0 unspecified atom stereocenters. The largest absolute Gasteiger partial charge is 0.360 e. The Kier molecular flexibility index (Phi) is 5.77. The summed E-state index contributed by atoms with van der Waals surface area (Å²) in [4.78, 5) is 16.3. The Morgan fingerprint density at radius 2 is 1.92 bits per heavy atom. The molecule has 2 atom stereocenters. The summed E-state index contributed by atoms with van der Waals surface area (Å²) in [6, 6.07) is 8.99. The van der Waals surface area contributed by atoms with Crippen LogP contribution >= 0.6 is 0 Å². The zero-order valence-electron chi connectivity index (χ0n) is 15.2. The van der Waals surface area contributed by atoms with Gasteiger partial charge in [0.25, 0.3) is 5.91 Å². The maximum atomic E-state index is 12.4. The van der Waals surface area contributed by atoms with Gasteiger partial charge in [-0.15, -0.1) is 0 Å². The molecule has 2 aliphatic rings. The van der Waals surface area contributed by atoms with Crippen molar-refractivity contribution in [3.8, 4) is 0 Å². The van der Waals surface area contributed by atoms with E-state index in [-0.39, 0.29) is 5.91 Å². The van der Waals surface area contributed by atoms with Crippen molar-refractivity contribution < 1.29 is 9.69 Å². The van der Waals surface area contributed by atoms with Gasteiger partial charge >= 0.3 is 0 Å². The van der Waals surface area contributed by atoms with Crippen molar-refractivity contribution in [3.05, 3.63) is 29.8 Å². The SMILES string of the molecule is Cc1ccccc1N1CC[NH+](CC(=O)N[C@@H]2CCCC[C@H]2C)CC1. The Labute approximate surface area is 146 Å². The number of amides is 1. The van der Waals surface area contributed by atoms with Gasteiger partial charge < -0.3 is 15.1 Å². The summed E-state index contributed by atoms with van der Waals surface area (Å²) in [5.74, 6) is 0.878. The van der Waals surface area contributed by atoms with Gasteiger partial charge in [0.15, 0.2) is 6.54 Å². The van der Waals surface area contributed by atoms with Crippen LogP contribution in [0.3, 0.4) is 0 Å². The number of para-hydroxylation sites is 1. The minimum atomic E-state index is 0.244. The predicted octanol–water partition coefficient (Wildman–Crippen LogP) is 1.39. The summed E-state index contributed by atoms with van der Waals surface area (Å²) >= 11 is 0. The van der Waals surface area contributed by atoms with Crippen molar-refractivity contribution in [1.29, 1.82) is 0 Å². The lowest BCUT2D eigenvalue weighted by molar-refractivity contribution is -0.892. The number of piperazine rings is 1. The van der Waals surface area contributed by atoms with Gasteiger partial charge in [-0.3, -0.25) is 4.79 Å². The van der Waals surface area contributed by atoms with Crippen molar-refractivity contribution >= 4 is 11.6 Å². The van der Waals surface area contributed by atoms with Gasteiger partial charge in [0.05, 0.1) is 26.2 Å². The van der Waals surface area contributed by atoms with Crippen LogP contribution in [0, 0.1) is 12.8 Å². The second-order valence-electron chi connectivity index (χ2n) is 7.64. The minimum Gasteiger partial charge on any atom is -0.360 e. The van der Waals surface area contributed by atoms with Gasteiger partial charge in [-0.05, 0) is 37.3 Å². The van der Waals surface area contributed by atoms with Gasteiger partial charge in [-0.1, -0.05) is 38.0 Å². The fraction of sp³-hybridized carbons (Fsp3) is 0.650. The van der Waals surface area contributed by atoms with E-state index >= 15 is 0 Å². The summed E-state index contributed by atoms with van der Waals surface area (Å²) < 4.78 is 0. The highest BCUT2D eigenvalue weighted by molar-refractivity contribution is 5.77. The van der Waals surface area contributed by atoms with E-state index < -0.39 is 0 Å². The molecule has 1 aliphatic heterocycles. The first-order valence-electron chi connectivity index (χ1n) is 9.57. The molecule has 4 nitrogen and oxygen atoms in total. The van der Waals surface area contributed by atoms with Crippen molar-refractivity contribution in [2.24, 2.45) is 5.92 Å². The molecule has 132 valence electrons. The summed E-state index contributed by atoms with van der Waals surface area (Å²) in [5, 5.41) is 3.29. The molecule has 0 radical (unpaired) electrons. The number of aryl methyl sites for hydroxylation is 1. The predicted molar refractivity (Wildman–Crippen MR) is 98.5 cm³/mol. The van der Waals surface area contributed by atoms with E-state index in [4.69, 9.17) is 0 Å². The second kappa shape index (κ2) is 8.02. The van der Waals surface area contributed by atoms with Crippen LogP contribution in [0.1, 0.15) is 38.2 Å². The third kappa shape index (κ3) is 4.29. The lowest BCUT2D eigenvalue weighted by Crippen LogP contribution is -3.16. The molecule has 24 heavy (non-hydrogen) atoms. The molecule has 1 aromatic carbocycles. The molecule has 1 amide bonds. The molecule has 0 aromatic heterocycles. The van der Waals surface area contributed by atoms with E-state index in [2.05, 4.69) is 48.3 Å². The first-order valence-corrected chi connectivity index (χ1v) is 9.57. The zero-order chi connectivity index (χ0) is 16.9. The van der Waals surface area contributed by atoms with E-state index in [0.717, 1.165) is 32.6 Å². The van der Waals surface area contributed by atoms with Crippen LogP contribution in [-0.4, -0.2) is 44.7 Å². The number of anilines is 1. The minimum absolute atomic E-state index is 0.244. The molecule has 1 saturated carbocycles. The average Bonchev–Trinajstić information content (AvgIpc) is 2.58. The monoisotopic (exact) mass is 330 g/mol. The van der Waals surface area contributed by atoms with Crippen LogP contribution in [0.2, 0.25) is 0 Å². The number of quaternary nitrogens is 1. The van der Waals surface area contributed by atoms with Crippen molar-refractivity contribution in [2.45, 2.75) is 45.6 Å². The maximum absolute atomic E-state index is 12.4. The third-order valence-electron chi connectivity index (χ3n) is 5.80. The molecule has 2 fully saturated rings. The quantitative estimate of drug-likeness (QED) is 0.875. The fourth-order valence-corrected chi connectivity index (χ4v) is 4.17. The topological polar surface area (TPSA) is 36.8 Å². The molecule has 1 saturated heterocycles. The number of carbonyl (C=O) groups excluding carboxylic acids is 1. The van der Waals surface area contributed by atoms with E-state index in [9.17, 15) is 4.79 Å². The zero-order valence-corrected chi connectivity index (χ0v) is 15.2. The molecule has 4 heteroatoms. The maximum Gasteiger partial charge on any atom is 0.275 e. The van der Waals surface area contributed by atoms with Crippen LogP contribution in [0.25, 0.3) is 0 Å². The van der Waals surface area contributed by atoms with Crippen molar-refractivity contribution in [1.82, 2.24) is 5.32 Å².